The summed E-state index contributed by atoms with van der Waals surface area (Å²) in [6.07, 6.45) is 0. The van der Waals surface area contributed by atoms with Crippen LogP contribution in [-0.2, 0) is 4.74 Å². The van der Waals surface area contributed by atoms with Gasteiger partial charge in [0, 0.05) is 0 Å². The molecule has 0 aliphatic rings. The van der Waals surface area contributed by atoms with Gasteiger partial charge < -0.3 is 14.9 Å². The Kier molecular flexibility index (Phi) is 2.86. The average molecular weight is 217 g/mol. The van der Waals surface area contributed by atoms with Crippen molar-refractivity contribution in [2.75, 3.05) is 7.11 Å². The standard InChI is InChI=1S/C9H9ClO4/c1-4-3-5(11)8(12)6(7(4)10)9(13)14-2/h3,11-12H,1-2H3. The number of phenolic OH excluding ortho intramolecular Hbond substituents is 2. The van der Waals surface area contributed by atoms with Gasteiger partial charge in [0.15, 0.2) is 11.5 Å². The summed E-state index contributed by atoms with van der Waals surface area (Å²) in [4.78, 5) is 11.2. The van der Waals surface area contributed by atoms with Crippen molar-refractivity contribution in [3.05, 3.63) is 22.2 Å². The van der Waals surface area contributed by atoms with E-state index in [1.807, 2.05) is 0 Å². The third-order valence-corrected chi connectivity index (χ3v) is 2.27. The molecule has 76 valence electrons. The Bertz CT molecular complexity index is 361. The summed E-state index contributed by atoms with van der Waals surface area (Å²) < 4.78 is 4.41. The van der Waals surface area contributed by atoms with Gasteiger partial charge in [0.1, 0.15) is 5.56 Å². The highest BCUT2D eigenvalue weighted by atomic mass is 35.5. The summed E-state index contributed by atoms with van der Waals surface area (Å²) in [5, 5.41) is 18.7. The highest BCUT2D eigenvalue weighted by Crippen LogP contribution is 2.36. The summed E-state index contributed by atoms with van der Waals surface area (Å²) in [6.45, 7) is 1.61. The summed E-state index contributed by atoms with van der Waals surface area (Å²) in [6, 6.07) is 1.27. The molecule has 0 unspecified atom stereocenters. The van der Waals surface area contributed by atoms with Crippen LogP contribution in [0.5, 0.6) is 11.5 Å². The topological polar surface area (TPSA) is 66.8 Å². The predicted octanol–water partition coefficient (Wildman–Crippen LogP) is 1.85. The van der Waals surface area contributed by atoms with Crippen molar-refractivity contribution in [1.29, 1.82) is 0 Å². The van der Waals surface area contributed by atoms with Gasteiger partial charge in [-0.05, 0) is 18.6 Å². The number of aromatic hydroxyl groups is 2. The van der Waals surface area contributed by atoms with Crippen LogP contribution in [0.15, 0.2) is 6.07 Å². The minimum absolute atomic E-state index is 0.0761. The van der Waals surface area contributed by atoms with Crippen LogP contribution in [0, 0.1) is 6.92 Å². The fourth-order valence-electron chi connectivity index (χ4n) is 1.05. The Morgan fingerprint density at radius 3 is 2.57 bits per heavy atom. The average Bonchev–Trinajstić information content (AvgIpc) is 2.15. The van der Waals surface area contributed by atoms with Gasteiger partial charge in [-0.1, -0.05) is 11.6 Å². The van der Waals surface area contributed by atoms with Crippen LogP contribution in [-0.4, -0.2) is 23.3 Å². The lowest BCUT2D eigenvalue weighted by Crippen LogP contribution is -2.03. The quantitative estimate of drug-likeness (QED) is 0.555. The highest BCUT2D eigenvalue weighted by molar-refractivity contribution is 6.34. The van der Waals surface area contributed by atoms with Crippen LogP contribution < -0.4 is 0 Å². The summed E-state index contributed by atoms with van der Waals surface area (Å²) in [5.74, 6) is -1.74. The first kappa shape index (κ1) is 10.7. The molecule has 0 saturated heterocycles. The van der Waals surface area contributed by atoms with Gasteiger partial charge in [0.05, 0.1) is 12.1 Å². The molecule has 0 amide bonds. The second-order valence-corrected chi connectivity index (χ2v) is 3.12. The number of esters is 1. The SMILES string of the molecule is COC(=O)c1c(O)c(O)cc(C)c1Cl. The highest BCUT2D eigenvalue weighted by Gasteiger charge is 2.21. The van der Waals surface area contributed by atoms with Gasteiger partial charge in [0.2, 0.25) is 0 Å². The Morgan fingerprint density at radius 1 is 1.50 bits per heavy atom. The van der Waals surface area contributed by atoms with E-state index in [2.05, 4.69) is 4.74 Å². The van der Waals surface area contributed by atoms with E-state index in [9.17, 15) is 15.0 Å². The van der Waals surface area contributed by atoms with E-state index in [4.69, 9.17) is 11.6 Å². The molecule has 0 aromatic heterocycles. The Labute approximate surface area is 85.7 Å². The van der Waals surface area contributed by atoms with Gasteiger partial charge in [-0.2, -0.15) is 0 Å². The van der Waals surface area contributed by atoms with E-state index in [1.165, 1.54) is 6.07 Å². The number of rotatable bonds is 1. The maximum atomic E-state index is 11.2. The Hall–Kier alpha value is -1.42. The first-order valence-corrected chi connectivity index (χ1v) is 4.16. The lowest BCUT2D eigenvalue weighted by molar-refractivity contribution is 0.0597. The van der Waals surface area contributed by atoms with E-state index >= 15 is 0 Å². The number of ether oxygens (including phenoxy) is 1. The third kappa shape index (κ3) is 1.61. The minimum atomic E-state index is -0.786. The number of halogens is 1. The van der Waals surface area contributed by atoms with Crippen molar-refractivity contribution in [2.45, 2.75) is 6.92 Å². The van der Waals surface area contributed by atoms with Crippen LogP contribution in [0.25, 0.3) is 0 Å². The van der Waals surface area contributed by atoms with E-state index in [0.29, 0.717) is 5.56 Å². The van der Waals surface area contributed by atoms with Gasteiger partial charge >= 0.3 is 5.97 Å². The molecule has 4 nitrogen and oxygen atoms in total. The number of carbonyl (C=O) groups excluding carboxylic acids is 1. The molecular weight excluding hydrogens is 208 g/mol. The molecule has 0 radical (unpaired) electrons. The van der Waals surface area contributed by atoms with Crippen LogP contribution in [0.4, 0.5) is 0 Å². The monoisotopic (exact) mass is 216 g/mol. The maximum Gasteiger partial charge on any atom is 0.343 e. The minimum Gasteiger partial charge on any atom is -0.504 e. The van der Waals surface area contributed by atoms with Gasteiger partial charge in [-0.25, -0.2) is 4.79 Å². The zero-order chi connectivity index (χ0) is 10.9. The molecule has 0 bridgehead atoms. The van der Waals surface area contributed by atoms with Crippen molar-refractivity contribution < 1.29 is 19.7 Å². The molecule has 0 aliphatic heterocycles. The number of hydrogen-bond acceptors (Lipinski definition) is 4. The number of aryl methyl sites for hydroxylation is 1. The van der Waals surface area contributed by atoms with E-state index < -0.39 is 17.5 Å². The molecule has 0 atom stereocenters. The zero-order valence-corrected chi connectivity index (χ0v) is 8.42. The fourth-order valence-corrected chi connectivity index (χ4v) is 1.28. The lowest BCUT2D eigenvalue weighted by Gasteiger charge is -2.08. The molecular formula is C9H9ClO4. The zero-order valence-electron chi connectivity index (χ0n) is 7.67. The van der Waals surface area contributed by atoms with Gasteiger partial charge in [-0.3, -0.25) is 0 Å². The Balaban J connectivity index is 3.47. The molecule has 0 aliphatic carbocycles. The van der Waals surface area contributed by atoms with E-state index in [-0.39, 0.29) is 10.6 Å². The molecule has 14 heavy (non-hydrogen) atoms. The Morgan fingerprint density at radius 2 is 2.07 bits per heavy atom. The molecule has 1 rings (SSSR count). The van der Waals surface area contributed by atoms with E-state index in [0.717, 1.165) is 7.11 Å². The number of phenols is 2. The molecule has 0 heterocycles. The second-order valence-electron chi connectivity index (χ2n) is 2.74. The molecule has 1 aromatic carbocycles. The number of benzene rings is 1. The van der Waals surface area contributed by atoms with Crippen molar-refractivity contribution >= 4 is 17.6 Å². The molecule has 2 N–H and O–H groups in total. The van der Waals surface area contributed by atoms with Crippen LogP contribution in [0.1, 0.15) is 15.9 Å². The van der Waals surface area contributed by atoms with E-state index in [1.54, 1.807) is 6.92 Å². The first-order chi connectivity index (χ1) is 6.49. The summed E-state index contributed by atoms with van der Waals surface area (Å²) >= 11 is 5.77. The van der Waals surface area contributed by atoms with Crippen LogP contribution in [0.2, 0.25) is 5.02 Å². The first-order valence-electron chi connectivity index (χ1n) is 3.78. The van der Waals surface area contributed by atoms with Crippen molar-refractivity contribution in [3.8, 4) is 11.5 Å². The van der Waals surface area contributed by atoms with Gasteiger partial charge in [-0.15, -0.1) is 0 Å². The molecule has 0 spiro atoms. The number of hydrogen-bond donors (Lipinski definition) is 2. The third-order valence-electron chi connectivity index (χ3n) is 1.79. The van der Waals surface area contributed by atoms with Crippen molar-refractivity contribution in [1.82, 2.24) is 0 Å². The second kappa shape index (κ2) is 3.75. The smallest absolute Gasteiger partial charge is 0.343 e. The summed E-state index contributed by atoms with van der Waals surface area (Å²) in [5.41, 5.74) is 0.272. The molecule has 5 heteroatoms. The molecule has 0 saturated carbocycles. The largest absolute Gasteiger partial charge is 0.504 e. The predicted molar refractivity (Wildman–Crippen MR) is 50.9 cm³/mol. The van der Waals surface area contributed by atoms with Gasteiger partial charge in [0.25, 0.3) is 0 Å². The normalized spacial score (nSPS) is 9.93. The summed E-state index contributed by atoms with van der Waals surface area (Å²) in [7, 11) is 1.16. The number of carbonyl (C=O) groups is 1. The number of methoxy groups -OCH3 is 1. The molecule has 1 aromatic rings. The van der Waals surface area contributed by atoms with Crippen molar-refractivity contribution in [2.24, 2.45) is 0 Å². The van der Waals surface area contributed by atoms with Crippen LogP contribution >= 0.6 is 11.6 Å². The fraction of sp³-hybridized carbons (Fsp3) is 0.222. The maximum absolute atomic E-state index is 11.2. The van der Waals surface area contributed by atoms with Crippen molar-refractivity contribution in [3.63, 3.8) is 0 Å². The lowest BCUT2D eigenvalue weighted by atomic mass is 10.1. The molecule has 0 fully saturated rings. The van der Waals surface area contributed by atoms with Crippen LogP contribution in [0.3, 0.4) is 0 Å².